The molecule has 0 spiro atoms. The quantitative estimate of drug-likeness (QED) is 0.838. The van der Waals surface area contributed by atoms with Crippen molar-refractivity contribution >= 4 is 29.3 Å². The van der Waals surface area contributed by atoms with E-state index < -0.39 is 4.75 Å². The molecular formula is C17H23N3O2S. The number of carbonyl (C=O) groups excluding carboxylic acids is 2. The smallest absolute Gasteiger partial charge is 0.252 e. The average Bonchev–Trinajstić information content (AvgIpc) is 2.55. The van der Waals surface area contributed by atoms with Crippen molar-refractivity contribution < 1.29 is 9.59 Å². The number of likely N-dealkylation sites (tertiary alicyclic amines) is 1. The summed E-state index contributed by atoms with van der Waals surface area (Å²) < 4.78 is -1.10. The molecule has 2 amide bonds. The highest BCUT2D eigenvalue weighted by atomic mass is 32.2. The number of fused-ring (bicyclic) bond motifs is 1. The molecule has 2 aliphatic rings. The number of amides is 2. The second-order valence-electron chi connectivity index (χ2n) is 6.52. The maximum Gasteiger partial charge on any atom is 0.252 e. The molecule has 0 bridgehead atoms. The fourth-order valence-electron chi connectivity index (χ4n) is 3.13. The first-order valence-electron chi connectivity index (χ1n) is 7.97. The molecule has 1 aromatic rings. The fraction of sp³-hybridized carbons (Fsp3) is 0.529. The molecule has 0 saturated carbocycles. The Balaban J connectivity index is 1.78. The molecule has 1 N–H and O–H groups in total. The van der Waals surface area contributed by atoms with Crippen LogP contribution in [-0.4, -0.2) is 54.7 Å². The Morgan fingerprint density at radius 1 is 1.26 bits per heavy atom. The minimum Gasteiger partial charge on any atom is -0.352 e. The van der Waals surface area contributed by atoms with E-state index in [4.69, 9.17) is 0 Å². The molecule has 1 atom stereocenters. The van der Waals surface area contributed by atoms with Gasteiger partial charge in [0.2, 0.25) is 5.91 Å². The first-order chi connectivity index (χ1) is 10.9. The maximum absolute atomic E-state index is 12.8. The van der Waals surface area contributed by atoms with E-state index in [2.05, 4.69) is 17.3 Å². The van der Waals surface area contributed by atoms with E-state index >= 15 is 0 Å². The molecule has 1 fully saturated rings. The van der Waals surface area contributed by atoms with Gasteiger partial charge >= 0.3 is 0 Å². The number of benzene rings is 1. The lowest BCUT2D eigenvalue weighted by Crippen LogP contribution is -2.58. The minimum atomic E-state index is -1.10. The molecule has 2 heterocycles. The lowest BCUT2D eigenvalue weighted by atomic mass is 10.0. The lowest BCUT2D eigenvalue weighted by Gasteiger charge is -2.38. The molecule has 0 aliphatic carbocycles. The second kappa shape index (κ2) is 6.17. The summed E-state index contributed by atoms with van der Waals surface area (Å²) in [4.78, 5) is 30.4. The van der Waals surface area contributed by atoms with E-state index in [1.165, 1.54) is 11.8 Å². The zero-order valence-electron chi connectivity index (χ0n) is 13.8. The van der Waals surface area contributed by atoms with Crippen molar-refractivity contribution in [3.05, 3.63) is 24.3 Å². The number of nitrogens with one attached hydrogen (secondary N) is 1. The molecule has 0 radical (unpaired) electrons. The van der Waals surface area contributed by atoms with Gasteiger partial charge in [-0.2, -0.15) is 0 Å². The Hall–Kier alpha value is -1.53. The van der Waals surface area contributed by atoms with Gasteiger partial charge in [-0.3, -0.25) is 9.59 Å². The van der Waals surface area contributed by atoms with Crippen molar-refractivity contribution in [2.24, 2.45) is 0 Å². The Bertz CT molecular complexity index is 628. The number of carbonyl (C=O) groups is 2. The van der Waals surface area contributed by atoms with Crippen LogP contribution in [-0.2, 0) is 9.59 Å². The number of hydrogen-bond acceptors (Lipinski definition) is 4. The number of hydrogen-bond donors (Lipinski definition) is 1. The summed E-state index contributed by atoms with van der Waals surface area (Å²) in [5.41, 5.74) is 0.868. The summed E-state index contributed by atoms with van der Waals surface area (Å²) in [6.07, 6.45) is 1.87. The number of anilines is 1. The van der Waals surface area contributed by atoms with Gasteiger partial charge in [0.1, 0.15) is 0 Å². The van der Waals surface area contributed by atoms with Crippen LogP contribution in [0.3, 0.4) is 0 Å². The summed E-state index contributed by atoms with van der Waals surface area (Å²) in [6, 6.07) is 7.87. The van der Waals surface area contributed by atoms with Crippen LogP contribution < -0.4 is 10.2 Å². The van der Waals surface area contributed by atoms with Crippen LogP contribution in [0.25, 0.3) is 0 Å². The Morgan fingerprint density at radius 2 is 1.91 bits per heavy atom. The fourth-order valence-corrected chi connectivity index (χ4v) is 4.40. The first kappa shape index (κ1) is 16.3. The van der Waals surface area contributed by atoms with Crippen molar-refractivity contribution in [3.63, 3.8) is 0 Å². The van der Waals surface area contributed by atoms with Crippen molar-refractivity contribution in [3.8, 4) is 0 Å². The summed E-state index contributed by atoms with van der Waals surface area (Å²) in [5.74, 6) is -0.338. The van der Waals surface area contributed by atoms with Gasteiger partial charge in [-0.25, -0.2) is 0 Å². The van der Waals surface area contributed by atoms with Crippen LogP contribution in [0, 0.1) is 0 Å². The molecule has 124 valence electrons. The Kier molecular flexibility index (Phi) is 4.38. The monoisotopic (exact) mass is 333 g/mol. The highest BCUT2D eigenvalue weighted by molar-refractivity contribution is 8.02. The molecule has 1 aromatic carbocycles. The predicted molar refractivity (Wildman–Crippen MR) is 92.8 cm³/mol. The third-order valence-corrected chi connectivity index (χ3v) is 6.07. The summed E-state index contributed by atoms with van der Waals surface area (Å²) in [5, 5.41) is 3.10. The van der Waals surface area contributed by atoms with E-state index in [9.17, 15) is 9.59 Å². The average molecular weight is 333 g/mol. The molecular weight excluding hydrogens is 310 g/mol. The zero-order chi connectivity index (χ0) is 16.6. The topological polar surface area (TPSA) is 52.7 Å². The largest absolute Gasteiger partial charge is 0.352 e. The van der Waals surface area contributed by atoms with E-state index in [1.807, 2.05) is 24.3 Å². The van der Waals surface area contributed by atoms with Crippen molar-refractivity contribution in [1.29, 1.82) is 0 Å². The number of nitrogens with zero attached hydrogens (tertiary/aromatic N) is 2. The van der Waals surface area contributed by atoms with Gasteiger partial charge in [-0.05, 0) is 52.0 Å². The van der Waals surface area contributed by atoms with E-state index in [-0.39, 0.29) is 17.9 Å². The third-order valence-electron chi connectivity index (χ3n) is 4.74. The Morgan fingerprint density at radius 3 is 2.61 bits per heavy atom. The molecule has 3 rings (SSSR count). The third kappa shape index (κ3) is 2.97. The highest BCUT2D eigenvalue weighted by Crippen LogP contribution is 2.44. The zero-order valence-corrected chi connectivity index (χ0v) is 14.7. The predicted octanol–water partition coefficient (Wildman–Crippen LogP) is 1.72. The molecule has 0 aromatic heterocycles. The normalized spacial score (nSPS) is 26.0. The molecule has 6 heteroatoms. The van der Waals surface area contributed by atoms with Crippen LogP contribution in [0.4, 0.5) is 5.69 Å². The number of piperidine rings is 1. The SMILES string of the molecule is CN1CCC(NC(=O)C2(C)Sc3ccccc3N(C)C2=O)CC1. The van der Waals surface area contributed by atoms with Crippen molar-refractivity contribution in [1.82, 2.24) is 10.2 Å². The molecule has 5 nitrogen and oxygen atoms in total. The van der Waals surface area contributed by atoms with Gasteiger partial charge in [-0.1, -0.05) is 23.9 Å². The van der Waals surface area contributed by atoms with Gasteiger partial charge in [0.15, 0.2) is 4.75 Å². The van der Waals surface area contributed by atoms with Gasteiger partial charge in [-0.15, -0.1) is 0 Å². The van der Waals surface area contributed by atoms with Gasteiger partial charge in [0.25, 0.3) is 5.91 Å². The van der Waals surface area contributed by atoms with Crippen LogP contribution in [0.5, 0.6) is 0 Å². The molecule has 1 saturated heterocycles. The number of thioether (sulfide) groups is 1. The van der Waals surface area contributed by atoms with Gasteiger partial charge < -0.3 is 15.1 Å². The van der Waals surface area contributed by atoms with E-state index in [1.54, 1.807) is 18.9 Å². The minimum absolute atomic E-state index is 0.159. The van der Waals surface area contributed by atoms with Crippen molar-refractivity contribution in [2.45, 2.75) is 35.4 Å². The second-order valence-corrected chi connectivity index (χ2v) is 7.98. The van der Waals surface area contributed by atoms with Crippen molar-refractivity contribution in [2.75, 3.05) is 32.1 Å². The molecule has 23 heavy (non-hydrogen) atoms. The summed E-state index contributed by atoms with van der Waals surface area (Å²) in [7, 11) is 3.83. The van der Waals surface area contributed by atoms with Gasteiger partial charge in [0.05, 0.1) is 5.69 Å². The standard InChI is InChI=1S/C17H23N3O2S/c1-17(15(21)18-12-8-10-19(2)11-9-12)16(22)20(3)13-6-4-5-7-14(13)23-17/h4-7,12H,8-11H2,1-3H3,(H,18,21). The van der Waals surface area contributed by atoms with Gasteiger partial charge in [0, 0.05) is 18.0 Å². The highest BCUT2D eigenvalue weighted by Gasteiger charge is 2.48. The summed E-state index contributed by atoms with van der Waals surface area (Å²) in [6.45, 7) is 3.69. The van der Waals surface area contributed by atoms with Crippen LogP contribution in [0.15, 0.2) is 29.2 Å². The number of para-hydroxylation sites is 1. The Labute approximate surface area is 141 Å². The van der Waals surface area contributed by atoms with Crippen LogP contribution in [0.2, 0.25) is 0 Å². The molecule has 1 unspecified atom stereocenters. The number of rotatable bonds is 2. The summed E-state index contributed by atoms with van der Waals surface area (Å²) >= 11 is 1.35. The first-order valence-corrected chi connectivity index (χ1v) is 8.79. The lowest BCUT2D eigenvalue weighted by molar-refractivity contribution is -0.131. The van der Waals surface area contributed by atoms with Crippen LogP contribution in [0.1, 0.15) is 19.8 Å². The van der Waals surface area contributed by atoms with E-state index in [0.29, 0.717) is 0 Å². The maximum atomic E-state index is 12.8. The molecule has 2 aliphatic heterocycles. The van der Waals surface area contributed by atoms with Crippen LogP contribution >= 0.6 is 11.8 Å². The van der Waals surface area contributed by atoms with E-state index in [0.717, 1.165) is 36.5 Å².